The van der Waals surface area contributed by atoms with Gasteiger partial charge in [-0.2, -0.15) is 4.99 Å². The van der Waals surface area contributed by atoms with E-state index in [1.165, 1.54) is 10.5 Å². The number of aryl methyl sites for hydroxylation is 1. The average Bonchev–Trinajstić information content (AvgIpc) is 2.79. The highest BCUT2D eigenvalue weighted by Gasteiger charge is 2.31. The van der Waals surface area contributed by atoms with Crippen LogP contribution in [0.15, 0.2) is 65.3 Å². The third kappa shape index (κ3) is 2.91. The van der Waals surface area contributed by atoms with Crippen LogP contribution < -0.4 is 0 Å². The summed E-state index contributed by atoms with van der Waals surface area (Å²) in [5.41, 5.74) is 2.83. The molecule has 0 bridgehead atoms. The maximum absolute atomic E-state index is 12.2. The van der Waals surface area contributed by atoms with E-state index < -0.39 is 0 Å². The van der Waals surface area contributed by atoms with Gasteiger partial charge >= 0.3 is 6.02 Å². The fourth-order valence-corrected chi connectivity index (χ4v) is 2.08. The molecule has 1 aliphatic heterocycles. The molecule has 1 amide bonds. The average molecular weight is 292 g/mol. The van der Waals surface area contributed by atoms with E-state index in [9.17, 15) is 4.79 Å². The van der Waals surface area contributed by atoms with Gasteiger partial charge < -0.3 is 4.74 Å². The van der Waals surface area contributed by atoms with Crippen molar-refractivity contribution >= 4 is 23.7 Å². The zero-order chi connectivity index (χ0) is 15.5. The van der Waals surface area contributed by atoms with E-state index in [2.05, 4.69) is 4.99 Å². The normalized spacial score (nSPS) is 18.1. The summed E-state index contributed by atoms with van der Waals surface area (Å²) >= 11 is 0. The molecule has 110 valence electrons. The molecule has 2 aromatic carbocycles. The Morgan fingerprint density at radius 2 is 1.73 bits per heavy atom. The number of rotatable bonds is 2. The number of hydrogen-bond donors (Lipinski definition) is 0. The van der Waals surface area contributed by atoms with Gasteiger partial charge in [0.25, 0.3) is 5.91 Å². The molecule has 0 aliphatic carbocycles. The minimum atomic E-state index is -0.199. The van der Waals surface area contributed by atoms with Gasteiger partial charge in [-0.3, -0.25) is 9.69 Å². The van der Waals surface area contributed by atoms with E-state index in [1.807, 2.05) is 61.5 Å². The summed E-state index contributed by atoms with van der Waals surface area (Å²) in [6.07, 6.45) is 1.73. The first-order valence-corrected chi connectivity index (χ1v) is 7.01. The first-order chi connectivity index (χ1) is 10.6. The van der Waals surface area contributed by atoms with Gasteiger partial charge in [-0.25, -0.2) is 0 Å². The van der Waals surface area contributed by atoms with Gasteiger partial charge in [0.2, 0.25) is 0 Å². The third-order valence-electron chi connectivity index (χ3n) is 3.36. The summed E-state index contributed by atoms with van der Waals surface area (Å²) in [7, 11) is 1.65. The van der Waals surface area contributed by atoms with E-state index in [4.69, 9.17) is 4.74 Å². The molecule has 0 saturated carbocycles. The molecule has 4 nitrogen and oxygen atoms in total. The van der Waals surface area contributed by atoms with Crippen LogP contribution in [0.3, 0.4) is 0 Å². The lowest BCUT2D eigenvalue weighted by Crippen LogP contribution is -2.24. The minimum absolute atomic E-state index is 0.199. The number of carbonyl (C=O) groups excluding carboxylic acids is 1. The van der Waals surface area contributed by atoms with Gasteiger partial charge in [0.15, 0.2) is 5.76 Å². The smallest absolute Gasteiger partial charge is 0.305 e. The van der Waals surface area contributed by atoms with Crippen molar-refractivity contribution in [3.63, 3.8) is 0 Å². The predicted molar refractivity (Wildman–Crippen MR) is 86.5 cm³/mol. The molecule has 22 heavy (non-hydrogen) atoms. The summed E-state index contributed by atoms with van der Waals surface area (Å²) in [4.78, 5) is 18.0. The first-order valence-electron chi connectivity index (χ1n) is 7.01. The van der Waals surface area contributed by atoms with Crippen LogP contribution in [0.25, 0.3) is 6.08 Å². The maximum atomic E-state index is 12.2. The van der Waals surface area contributed by atoms with Gasteiger partial charge in [-0.15, -0.1) is 0 Å². The molecule has 0 radical (unpaired) electrons. The molecule has 1 saturated heterocycles. The first kappa shape index (κ1) is 14.1. The Kier molecular flexibility index (Phi) is 3.74. The number of hydrogen-bond acceptors (Lipinski definition) is 3. The standard InChI is InChI=1S/C18H16N2O2/c1-13-8-10-14(11-9-13)12-16-17(21)20(2)18(22-16)19-15-6-4-3-5-7-15/h3-12H,1-2H3/b16-12+,19-18?. The number of ether oxygens (including phenoxy) is 1. The summed E-state index contributed by atoms with van der Waals surface area (Å²) in [6.45, 7) is 2.02. The van der Waals surface area contributed by atoms with Crippen LogP contribution in [-0.2, 0) is 9.53 Å². The van der Waals surface area contributed by atoms with Crippen molar-refractivity contribution < 1.29 is 9.53 Å². The number of para-hydroxylation sites is 1. The summed E-state index contributed by atoms with van der Waals surface area (Å²) in [5.74, 6) is 0.0799. The largest absolute Gasteiger partial charge is 0.419 e. The van der Waals surface area contributed by atoms with E-state index in [1.54, 1.807) is 13.1 Å². The lowest BCUT2D eigenvalue weighted by Gasteiger charge is -2.04. The molecular formula is C18H16N2O2. The van der Waals surface area contributed by atoms with Crippen LogP contribution in [0.5, 0.6) is 0 Å². The summed E-state index contributed by atoms with van der Waals surface area (Å²) in [6, 6.07) is 17.6. The summed E-state index contributed by atoms with van der Waals surface area (Å²) < 4.78 is 5.61. The second kappa shape index (κ2) is 5.85. The minimum Gasteiger partial charge on any atom is -0.419 e. The number of aliphatic imine (C=N–C) groups is 1. The van der Waals surface area contributed by atoms with Gasteiger partial charge in [0, 0.05) is 7.05 Å². The maximum Gasteiger partial charge on any atom is 0.305 e. The molecule has 0 N–H and O–H groups in total. The van der Waals surface area contributed by atoms with Crippen LogP contribution in [0, 0.1) is 6.92 Å². The number of nitrogens with zero attached hydrogens (tertiary/aromatic N) is 2. The van der Waals surface area contributed by atoms with E-state index in [0.717, 1.165) is 11.3 Å². The molecule has 0 unspecified atom stereocenters. The highest BCUT2D eigenvalue weighted by Crippen LogP contribution is 2.21. The monoisotopic (exact) mass is 292 g/mol. The van der Waals surface area contributed by atoms with Gasteiger partial charge in [0.1, 0.15) is 0 Å². The zero-order valence-corrected chi connectivity index (χ0v) is 12.5. The van der Waals surface area contributed by atoms with Crippen molar-refractivity contribution in [3.05, 3.63) is 71.5 Å². The number of amides is 1. The highest BCUT2D eigenvalue weighted by molar-refractivity contribution is 6.11. The Labute approximate surface area is 129 Å². The predicted octanol–water partition coefficient (Wildman–Crippen LogP) is 3.51. The van der Waals surface area contributed by atoms with Gasteiger partial charge in [-0.05, 0) is 30.7 Å². The lowest BCUT2D eigenvalue weighted by molar-refractivity contribution is -0.122. The fourth-order valence-electron chi connectivity index (χ4n) is 2.08. The lowest BCUT2D eigenvalue weighted by atomic mass is 10.1. The highest BCUT2D eigenvalue weighted by atomic mass is 16.5. The molecular weight excluding hydrogens is 276 g/mol. The Balaban J connectivity index is 1.88. The number of benzene rings is 2. The Hall–Kier alpha value is -2.88. The van der Waals surface area contributed by atoms with Crippen LogP contribution >= 0.6 is 0 Å². The van der Waals surface area contributed by atoms with Crippen LogP contribution in [0.2, 0.25) is 0 Å². The van der Waals surface area contributed by atoms with E-state index in [-0.39, 0.29) is 17.7 Å². The SMILES string of the molecule is Cc1ccc(/C=C2/OC(=Nc3ccccc3)N(C)C2=O)cc1. The Bertz CT molecular complexity index is 746. The van der Waals surface area contributed by atoms with Crippen molar-refractivity contribution in [1.29, 1.82) is 0 Å². The second-order valence-corrected chi connectivity index (χ2v) is 5.12. The number of amidine groups is 1. The number of likely N-dealkylation sites (N-methyl/N-ethyl adjacent to an activating group) is 1. The molecule has 1 aliphatic rings. The zero-order valence-electron chi connectivity index (χ0n) is 12.5. The molecule has 0 spiro atoms. The molecule has 2 aromatic rings. The van der Waals surface area contributed by atoms with E-state index in [0.29, 0.717) is 0 Å². The van der Waals surface area contributed by atoms with Crippen molar-refractivity contribution in [2.75, 3.05) is 7.05 Å². The van der Waals surface area contributed by atoms with Crippen molar-refractivity contribution in [3.8, 4) is 0 Å². The third-order valence-corrected chi connectivity index (χ3v) is 3.36. The molecule has 1 heterocycles. The van der Waals surface area contributed by atoms with E-state index >= 15 is 0 Å². The van der Waals surface area contributed by atoms with Crippen molar-refractivity contribution in [1.82, 2.24) is 4.90 Å². The van der Waals surface area contributed by atoms with Crippen LogP contribution in [0.4, 0.5) is 5.69 Å². The summed E-state index contributed by atoms with van der Waals surface area (Å²) in [5, 5.41) is 0. The topological polar surface area (TPSA) is 41.9 Å². The molecule has 4 heteroatoms. The number of carbonyl (C=O) groups is 1. The molecule has 3 rings (SSSR count). The fraction of sp³-hybridized carbons (Fsp3) is 0.111. The Morgan fingerprint density at radius 1 is 1.05 bits per heavy atom. The van der Waals surface area contributed by atoms with Gasteiger partial charge in [-0.1, -0.05) is 48.0 Å². The van der Waals surface area contributed by atoms with Gasteiger partial charge in [0.05, 0.1) is 5.69 Å². The van der Waals surface area contributed by atoms with Crippen LogP contribution in [-0.4, -0.2) is 23.9 Å². The van der Waals surface area contributed by atoms with Crippen LogP contribution in [0.1, 0.15) is 11.1 Å². The van der Waals surface area contributed by atoms with Crippen molar-refractivity contribution in [2.45, 2.75) is 6.92 Å². The Morgan fingerprint density at radius 3 is 2.41 bits per heavy atom. The van der Waals surface area contributed by atoms with Crippen molar-refractivity contribution in [2.24, 2.45) is 4.99 Å². The molecule has 0 aromatic heterocycles. The molecule has 0 atom stereocenters. The second-order valence-electron chi connectivity index (χ2n) is 5.12. The quantitative estimate of drug-likeness (QED) is 0.795. The molecule has 1 fully saturated rings.